The molecule has 0 radical (unpaired) electrons. The van der Waals surface area contributed by atoms with Crippen molar-refractivity contribution in [3.8, 4) is 5.75 Å². The summed E-state index contributed by atoms with van der Waals surface area (Å²) in [7, 11) is 1.30. The lowest BCUT2D eigenvalue weighted by atomic mass is 9.94. The molecule has 2 aromatic rings. The zero-order valence-corrected chi connectivity index (χ0v) is 21.9. The Bertz CT molecular complexity index is 1190. The van der Waals surface area contributed by atoms with Crippen LogP contribution in [0.4, 0.5) is 0 Å². The number of benzene rings is 2. The van der Waals surface area contributed by atoms with Gasteiger partial charge in [0.05, 0.1) is 44.1 Å². The standard InChI is InChI=1S/C29H34N2O7/c1-3-16-38-23-7-4-6-22(19-23)26(32)24-25(20-8-10-21(11-9-20)29(35)36-2)31(28(34)27(24)33)13-5-12-30-14-17-37-18-15-30/h4,6-11,19,25,32H,3,5,12-18H2,1-2H3/b26-24+. The number of amides is 1. The van der Waals surface area contributed by atoms with Gasteiger partial charge in [0.25, 0.3) is 11.7 Å². The second-order valence-electron chi connectivity index (χ2n) is 9.29. The second kappa shape index (κ2) is 12.7. The average Bonchev–Trinajstić information content (AvgIpc) is 3.21. The molecule has 1 N–H and O–H groups in total. The first-order valence-electron chi connectivity index (χ1n) is 12.9. The van der Waals surface area contributed by atoms with Crippen molar-refractivity contribution in [2.75, 3.05) is 53.1 Å². The Balaban J connectivity index is 1.68. The highest BCUT2D eigenvalue weighted by molar-refractivity contribution is 6.46. The Morgan fingerprint density at radius 2 is 1.79 bits per heavy atom. The van der Waals surface area contributed by atoms with Crippen LogP contribution in [0.2, 0.25) is 0 Å². The SMILES string of the molecule is CCCOc1cccc(/C(O)=C2\C(=O)C(=O)N(CCCN3CCOCC3)C2c2ccc(C(=O)OC)cc2)c1. The van der Waals surface area contributed by atoms with E-state index in [9.17, 15) is 19.5 Å². The number of Topliss-reactive ketones (excluding diaryl/α,β-unsaturated/α-hetero) is 1. The van der Waals surface area contributed by atoms with Crippen LogP contribution in [0.3, 0.4) is 0 Å². The number of ketones is 1. The van der Waals surface area contributed by atoms with Gasteiger partial charge in [0.1, 0.15) is 11.5 Å². The molecule has 1 atom stereocenters. The minimum atomic E-state index is -0.799. The smallest absolute Gasteiger partial charge is 0.337 e. The number of hydrogen-bond donors (Lipinski definition) is 1. The predicted molar refractivity (Wildman–Crippen MR) is 141 cm³/mol. The Morgan fingerprint density at radius 1 is 1.05 bits per heavy atom. The fourth-order valence-corrected chi connectivity index (χ4v) is 4.77. The van der Waals surface area contributed by atoms with Crippen molar-refractivity contribution < 1.29 is 33.7 Å². The first-order valence-corrected chi connectivity index (χ1v) is 12.9. The molecule has 2 aliphatic heterocycles. The molecule has 0 aromatic heterocycles. The van der Waals surface area contributed by atoms with Crippen LogP contribution in [0.25, 0.3) is 5.76 Å². The number of carbonyl (C=O) groups is 3. The zero-order valence-electron chi connectivity index (χ0n) is 21.9. The van der Waals surface area contributed by atoms with Gasteiger partial charge < -0.3 is 24.2 Å². The van der Waals surface area contributed by atoms with Gasteiger partial charge in [-0.05, 0) is 42.7 Å². The first kappa shape index (κ1) is 27.3. The minimum Gasteiger partial charge on any atom is -0.507 e. The van der Waals surface area contributed by atoms with E-state index in [1.165, 1.54) is 12.0 Å². The largest absolute Gasteiger partial charge is 0.507 e. The Labute approximate surface area is 222 Å². The fourth-order valence-electron chi connectivity index (χ4n) is 4.77. The van der Waals surface area contributed by atoms with Gasteiger partial charge in [0, 0.05) is 31.7 Å². The van der Waals surface area contributed by atoms with E-state index in [0.717, 1.165) is 26.1 Å². The molecule has 2 heterocycles. The van der Waals surface area contributed by atoms with E-state index in [2.05, 4.69) is 4.90 Å². The van der Waals surface area contributed by atoms with Gasteiger partial charge in [0.2, 0.25) is 0 Å². The number of hydrogen-bond acceptors (Lipinski definition) is 8. The van der Waals surface area contributed by atoms with Crippen molar-refractivity contribution in [3.63, 3.8) is 0 Å². The van der Waals surface area contributed by atoms with Gasteiger partial charge in [-0.15, -0.1) is 0 Å². The van der Waals surface area contributed by atoms with E-state index in [4.69, 9.17) is 14.2 Å². The highest BCUT2D eigenvalue weighted by Gasteiger charge is 2.45. The molecule has 2 aliphatic rings. The van der Waals surface area contributed by atoms with Gasteiger partial charge in [0.15, 0.2) is 0 Å². The summed E-state index contributed by atoms with van der Waals surface area (Å²) < 4.78 is 15.9. The number of rotatable bonds is 10. The number of morpholine rings is 1. The third-order valence-electron chi connectivity index (χ3n) is 6.74. The quantitative estimate of drug-likeness (QED) is 0.219. The number of likely N-dealkylation sites (tertiary alicyclic amines) is 1. The van der Waals surface area contributed by atoms with E-state index in [-0.39, 0.29) is 11.3 Å². The molecule has 9 nitrogen and oxygen atoms in total. The van der Waals surface area contributed by atoms with Crippen molar-refractivity contribution in [1.29, 1.82) is 0 Å². The molecule has 4 rings (SSSR count). The normalized spacial score (nSPS) is 19.5. The molecule has 9 heteroatoms. The van der Waals surface area contributed by atoms with Crippen molar-refractivity contribution in [1.82, 2.24) is 9.80 Å². The summed E-state index contributed by atoms with van der Waals surface area (Å²) in [5.41, 5.74) is 1.37. The molecule has 0 spiro atoms. The monoisotopic (exact) mass is 522 g/mol. The number of ether oxygens (including phenoxy) is 3. The molecular weight excluding hydrogens is 488 g/mol. The molecule has 0 saturated carbocycles. The second-order valence-corrected chi connectivity index (χ2v) is 9.29. The Kier molecular flexibility index (Phi) is 9.15. The van der Waals surface area contributed by atoms with Gasteiger partial charge >= 0.3 is 5.97 Å². The fraction of sp³-hybridized carbons (Fsp3) is 0.414. The molecule has 1 unspecified atom stereocenters. The first-order chi connectivity index (χ1) is 18.4. The number of methoxy groups -OCH3 is 1. The average molecular weight is 523 g/mol. The van der Waals surface area contributed by atoms with E-state index >= 15 is 0 Å². The number of esters is 1. The maximum absolute atomic E-state index is 13.3. The van der Waals surface area contributed by atoms with Crippen LogP contribution in [0.15, 0.2) is 54.1 Å². The molecule has 202 valence electrons. The predicted octanol–water partition coefficient (Wildman–Crippen LogP) is 3.41. The van der Waals surface area contributed by atoms with Crippen molar-refractivity contribution in [3.05, 3.63) is 70.8 Å². The van der Waals surface area contributed by atoms with Gasteiger partial charge in [-0.2, -0.15) is 0 Å². The van der Waals surface area contributed by atoms with Crippen molar-refractivity contribution in [2.24, 2.45) is 0 Å². The maximum atomic E-state index is 13.3. The van der Waals surface area contributed by atoms with E-state index < -0.39 is 23.7 Å². The summed E-state index contributed by atoms with van der Waals surface area (Å²) >= 11 is 0. The van der Waals surface area contributed by atoms with Crippen LogP contribution in [0, 0.1) is 0 Å². The summed E-state index contributed by atoms with van der Waals surface area (Å²) in [6.07, 6.45) is 1.48. The molecular formula is C29H34N2O7. The summed E-state index contributed by atoms with van der Waals surface area (Å²) in [6.45, 7) is 6.62. The molecule has 2 saturated heterocycles. The van der Waals surface area contributed by atoms with E-state index in [1.54, 1.807) is 48.5 Å². The van der Waals surface area contributed by atoms with Crippen LogP contribution in [-0.2, 0) is 19.1 Å². The molecule has 2 aromatic carbocycles. The summed E-state index contributed by atoms with van der Waals surface area (Å²) in [6, 6.07) is 12.6. The van der Waals surface area contributed by atoms with E-state index in [1.807, 2.05) is 6.92 Å². The highest BCUT2D eigenvalue weighted by Crippen LogP contribution is 2.40. The van der Waals surface area contributed by atoms with Gasteiger partial charge in [-0.25, -0.2) is 4.79 Å². The lowest BCUT2D eigenvalue weighted by Crippen LogP contribution is -2.39. The number of aliphatic hydroxyl groups is 1. The van der Waals surface area contributed by atoms with Gasteiger partial charge in [-0.3, -0.25) is 14.5 Å². The highest BCUT2D eigenvalue weighted by atomic mass is 16.5. The third-order valence-corrected chi connectivity index (χ3v) is 6.74. The molecule has 0 aliphatic carbocycles. The van der Waals surface area contributed by atoms with Crippen molar-refractivity contribution >= 4 is 23.4 Å². The molecule has 2 fully saturated rings. The topological polar surface area (TPSA) is 106 Å². The third kappa shape index (κ3) is 6.06. The summed E-state index contributed by atoms with van der Waals surface area (Å²) in [5.74, 6) is -1.58. The van der Waals surface area contributed by atoms with Crippen LogP contribution < -0.4 is 4.74 Å². The number of carbonyl (C=O) groups excluding carboxylic acids is 3. The van der Waals surface area contributed by atoms with Crippen LogP contribution in [0.5, 0.6) is 5.75 Å². The Morgan fingerprint density at radius 3 is 2.47 bits per heavy atom. The van der Waals surface area contributed by atoms with E-state index in [0.29, 0.717) is 55.2 Å². The molecule has 0 bridgehead atoms. The lowest BCUT2D eigenvalue weighted by molar-refractivity contribution is -0.140. The number of aliphatic hydroxyl groups excluding tert-OH is 1. The zero-order chi connectivity index (χ0) is 27.1. The van der Waals surface area contributed by atoms with Crippen molar-refractivity contribution in [2.45, 2.75) is 25.8 Å². The van der Waals surface area contributed by atoms with Crippen LogP contribution in [0.1, 0.15) is 47.3 Å². The Hall–Kier alpha value is -3.69. The maximum Gasteiger partial charge on any atom is 0.337 e. The molecule has 1 amide bonds. The lowest BCUT2D eigenvalue weighted by Gasteiger charge is -2.29. The molecule has 38 heavy (non-hydrogen) atoms. The van der Waals surface area contributed by atoms with Crippen LogP contribution in [-0.4, -0.2) is 85.7 Å². The van der Waals surface area contributed by atoms with Gasteiger partial charge in [-0.1, -0.05) is 31.2 Å². The van der Waals surface area contributed by atoms with Crippen LogP contribution >= 0.6 is 0 Å². The minimum absolute atomic E-state index is 0.0137. The number of nitrogens with zero attached hydrogens (tertiary/aromatic N) is 2. The summed E-state index contributed by atoms with van der Waals surface area (Å²) in [4.78, 5) is 42.3. The summed E-state index contributed by atoms with van der Waals surface area (Å²) in [5, 5.41) is 11.3.